The summed E-state index contributed by atoms with van der Waals surface area (Å²) in [5, 5.41) is 11.9. The summed E-state index contributed by atoms with van der Waals surface area (Å²) in [7, 11) is 0. The molecule has 19 heavy (non-hydrogen) atoms. The number of hydrogen-bond acceptors (Lipinski definition) is 3. The van der Waals surface area contributed by atoms with Crippen LogP contribution in [0.5, 0.6) is 0 Å². The van der Waals surface area contributed by atoms with Crippen LogP contribution in [0.1, 0.15) is 32.6 Å². The van der Waals surface area contributed by atoms with Crippen LogP contribution in [0.4, 0.5) is 10.5 Å². The Hall–Kier alpha value is -1.62. The van der Waals surface area contributed by atoms with E-state index in [-0.39, 0.29) is 18.2 Å². The third-order valence-corrected chi connectivity index (χ3v) is 3.78. The molecule has 5 heteroatoms. The fraction of sp³-hybridized carbons (Fsp3) is 0.571. The summed E-state index contributed by atoms with van der Waals surface area (Å²) >= 11 is 0. The van der Waals surface area contributed by atoms with Crippen molar-refractivity contribution in [1.29, 1.82) is 0 Å². The number of aliphatic hydroxyl groups excluding tert-OH is 1. The van der Waals surface area contributed by atoms with Crippen LogP contribution in [0, 0.1) is 0 Å². The Labute approximate surface area is 113 Å². The van der Waals surface area contributed by atoms with Crippen LogP contribution in [-0.2, 0) is 0 Å². The van der Waals surface area contributed by atoms with Crippen molar-refractivity contribution in [3.63, 3.8) is 0 Å². The number of anilines is 1. The van der Waals surface area contributed by atoms with E-state index in [0.29, 0.717) is 5.69 Å². The average molecular weight is 263 g/mol. The first kappa shape index (κ1) is 13.8. The first-order chi connectivity index (χ1) is 9.15. The van der Waals surface area contributed by atoms with Gasteiger partial charge in [0.1, 0.15) is 0 Å². The van der Waals surface area contributed by atoms with E-state index in [1.54, 1.807) is 18.5 Å². The number of aromatic nitrogens is 1. The van der Waals surface area contributed by atoms with Crippen molar-refractivity contribution in [2.45, 2.75) is 38.1 Å². The molecule has 1 aliphatic heterocycles. The highest BCUT2D eigenvalue weighted by Crippen LogP contribution is 2.33. The molecule has 1 saturated heterocycles. The SMILES string of the molecule is C[C@]1(CCCO)CCCN1C(=O)Nc1cccnc1. The van der Waals surface area contributed by atoms with Gasteiger partial charge >= 0.3 is 6.03 Å². The first-order valence-corrected chi connectivity index (χ1v) is 6.75. The molecule has 5 nitrogen and oxygen atoms in total. The van der Waals surface area contributed by atoms with E-state index in [1.807, 2.05) is 11.0 Å². The number of carbonyl (C=O) groups is 1. The molecule has 1 fully saturated rings. The van der Waals surface area contributed by atoms with Gasteiger partial charge in [0.2, 0.25) is 0 Å². The van der Waals surface area contributed by atoms with Gasteiger partial charge < -0.3 is 15.3 Å². The molecular formula is C14H21N3O2. The van der Waals surface area contributed by atoms with Crippen LogP contribution in [0.15, 0.2) is 24.5 Å². The normalized spacial score (nSPS) is 22.5. The van der Waals surface area contributed by atoms with Crippen LogP contribution >= 0.6 is 0 Å². The predicted molar refractivity (Wildman–Crippen MR) is 73.9 cm³/mol. The Morgan fingerprint density at radius 3 is 3.16 bits per heavy atom. The van der Waals surface area contributed by atoms with Crippen molar-refractivity contribution < 1.29 is 9.90 Å². The van der Waals surface area contributed by atoms with Gasteiger partial charge in [-0.1, -0.05) is 0 Å². The van der Waals surface area contributed by atoms with E-state index in [0.717, 1.165) is 32.2 Å². The molecule has 2 amide bonds. The lowest BCUT2D eigenvalue weighted by atomic mass is 9.93. The Balaban J connectivity index is 2.01. The van der Waals surface area contributed by atoms with E-state index >= 15 is 0 Å². The van der Waals surface area contributed by atoms with E-state index in [2.05, 4.69) is 17.2 Å². The molecule has 0 unspecified atom stereocenters. The molecule has 2 N–H and O–H groups in total. The van der Waals surface area contributed by atoms with Gasteiger partial charge in [0.15, 0.2) is 0 Å². The summed E-state index contributed by atoms with van der Waals surface area (Å²) in [6.07, 6.45) is 6.89. The third kappa shape index (κ3) is 3.23. The van der Waals surface area contributed by atoms with Crippen molar-refractivity contribution in [3.05, 3.63) is 24.5 Å². The summed E-state index contributed by atoms with van der Waals surface area (Å²) in [5.41, 5.74) is 0.568. The molecule has 1 aromatic heterocycles. The quantitative estimate of drug-likeness (QED) is 0.875. The number of rotatable bonds is 4. The fourth-order valence-electron chi connectivity index (χ4n) is 2.72. The van der Waals surface area contributed by atoms with Gasteiger partial charge in [0.25, 0.3) is 0 Å². The number of likely N-dealkylation sites (tertiary alicyclic amines) is 1. The highest BCUT2D eigenvalue weighted by molar-refractivity contribution is 5.89. The molecule has 1 aromatic rings. The average Bonchev–Trinajstić information content (AvgIpc) is 2.80. The predicted octanol–water partition coefficient (Wildman–Crippen LogP) is 2.24. The van der Waals surface area contributed by atoms with Crippen molar-refractivity contribution in [1.82, 2.24) is 9.88 Å². The minimum Gasteiger partial charge on any atom is -0.396 e. The summed E-state index contributed by atoms with van der Waals surface area (Å²) in [6, 6.07) is 3.54. The molecule has 0 saturated carbocycles. The zero-order valence-corrected chi connectivity index (χ0v) is 11.3. The van der Waals surface area contributed by atoms with Gasteiger partial charge in [0, 0.05) is 24.9 Å². The summed E-state index contributed by atoms with van der Waals surface area (Å²) in [6.45, 7) is 3.04. The molecule has 104 valence electrons. The van der Waals surface area contributed by atoms with Gasteiger partial charge in [-0.2, -0.15) is 0 Å². The second kappa shape index (κ2) is 6.02. The number of aliphatic hydroxyl groups is 1. The van der Waals surface area contributed by atoms with E-state index in [1.165, 1.54) is 0 Å². The largest absolute Gasteiger partial charge is 0.396 e. The number of amides is 2. The second-order valence-electron chi connectivity index (χ2n) is 5.25. The highest BCUT2D eigenvalue weighted by Gasteiger charge is 2.38. The lowest BCUT2D eigenvalue weighted by Gasteiger charge is -2.35. The maximum Gasteiger partial charge on any atom is 0.322 e. The number of hydrogen-bond donors (Lipinski definition) is 2. The first-order valence-electron chi connectivity index (χ1n) is 6.75. The molecule has 0 aliphatic carbocycles. The lowest BCUT2D eigenvalue weighted by molar-refractivity contribution is 0.151. The second-order valence-corrected chi connectivity index (χ2v) is 5.25. The Bertz CT molecular complexity index is 424. The third-order valence-electron chi connectivity index (χ3n) is 3.78. The van der Waals surface area contributed by atoms with Crippen LogP contribution in [-0.4, -0.2) is 39.7 Å². The monoisotopic (exact) mass is 263 g/mol. The van der Waals surface area contributed by atoms with Gasteiger partial charge in [-0.25, -0.2) is 4.79 Å². The molecule has 0 radical (unpaired) electrons. The van der Waals surface area contributed by atoms with Crippen molar-refractivity contribution in [2.24, 2.45) is 0 Å². The van der Waals surface area contributed by atoms with Crippen LogP contribution in [0.25, 0.3) is 0 Å². The number of carbonyl (C=O) groups excluding carboxylic acids is 1. The molecular weight excluding hydrogens is 242 g/mol. The topological polar surface area (TPSA) is 65.5 Å². The van der Waals surface area contributed by atoms with Gasteiger partial charge in [0.05, 0.1) is 11.9 Å². The molecule has 2 rings (SSSR count). The maximum atomic E-state index is 12.3. The highest BCUT2D eigenvalue weighted by atomic mass is 16.3. The number of urea groups is 1. The van der Waals surface area contributed by atoms with Gasteiger partial charge in [-0.3, -0.25) is 4.98 Å². The van der Waals surface area contributed by atoms with Gasteiger partial charge in [-0.15, -0.1) is 0 Å². The molecule has 0 bridgehead atoms. The van der Waals surface area contributed by atoms with Crippen LogP contribution < -0.4 is 5.32 Å². The molecule has 0 spiro atoms. The minimum atomic E-state index is -0.144. The standard InChI is InChI=1S/C14H21N3O2/c1-14(7-4-10-18)6-3-9-17(14)13(19)16-12-5-2-8-15-11-12/h2,5,8,11,18H,3-4,6-7,9-10H2,1H3,(H,16,19)/t14-/m1/s1. The smallest absolute Gasteiger partial charge is 0.322 e. The van der Waals surface area contributed by atoms with Crippen molar-refractivity contribution in [2.75, 3.05) is 18.5 Å². The van der Waals surface area contributed by atoms with E-state index < -0.39 is 0 Å². The zero-order valence-electron chi connectivity index (χ0n) is 11.3. The maximum absolute atomic E-state index is 12.3. The summed E-state index contributed by atoms with van der Waals surface area (Å²) in [4.78, 5) is 18.2. The van der Waals surface area contributed by atoms with Crippen molar-refractivity contribution in [3.8, 4) is 0 Å². The molecule has 1 atom stereocenters. The number of nitrogens with zero attached hydrogens (tertiary/aromatic N) is 2. The minimum absolute atomic E-state index is 0.0778. The molecule has 0 aromatic carbocycles. The van der Waals surface area contributed by atoms with Crippen LogP contribution in [0.3, 0.4) is 0 Å². The van der Waals surface area contributed by atoms with Gasteiger partial charge in [-0.05, 0) is 44.7 Å². The van der Waals surface area contributed by atoms with E-state index in [9.17, 15) is 4.79 Å². The Morgan fingerprint density at radius 2 is 2.47 bits per heavy atom. The van der Waals surface area contributed by atoms with Crippen LogP contribution in [0.2, 0.25) is 0 Å². The Kier molecular flexibility index (Phi) is 4.37. The number of pyridine rings is 1. The summed E-state index contributed by atoms with van der Waals surface area (Å²) < 4.78 is 0. The van der Waals surface area contributed by atoms with E-state index in [4.69, 9.17) is 5.11 Å². The number of nitrogens with one attached hydrogen (secondary N) is 1. The zero-order chi connectivity index (χ0) is 13.7. The fourth-order valence-corrected chi connectivity index (χ4v) is 2.72. The summed E-state index contributed by atoms with van der Waals surface area (Å²) in [5.74, 6) is 0. The lowest BCUT2D eigenvalue weighted by Crippen LogP contribution is -2.47. The molecule has 1 aliphatic rings. The van der Waals surface area contributed by atoms with Crippen molar-refractivity contribution >= 4 is 11.7 Å². The Morgan fingerprint density at radius 1 is 1.63 bits per heavy atom. The molecule has 2 heterocycles.